The molecule has 1 aliphatic rings. The molecule has 0 aromatic heterocycles. The van der Waals surface area contributed by atoms with E-state index in [9.17, 15) is 15.2 Å². The molecule has 0 aromatic carbocycles. The van der Waals surface area contributed by atoms with Crippen LogP contribution < -0.4 is 29.2 Å². The number of ether oxygens (including phenoxy) is 2. The molecule has 0 bridgehead atoms. The monoisotopic (exact) mass is 394 g/mol. The lowest BCUT2D eigenvalue weighted by molar-refractivity contribution is -0.776. The van der Waals surface area contributed by atoms with Crippen molar-refractivity contribution in [1.82, 2.24) is 10.7 Å². The lowest BCUT2D eigenvalue weighted by atomic mass is 10.4. The predicted molar refractivity (Wildman–Crippen MR) is 48.2 cm³/mol. The first-order chi connectivity index (χ1) is 8.61. The molecular formula is C6H11IN4O8-2. The second kappa shape index (κ2) is 10.0. The zero-order valence-electron chi connectivity index (χ0n) is 9.44. The van der Waals surface area contributed by atoms with Crippen LogP contribution in [-0.4, -0.2) is 49.4 Å². The van der Waals surface area contributed by atoms with Gasteiger partial charge in [0, 0.05) is 0 Å². The van der Waals surface area contributed by atoms with E-state index in [0.717, 1.165) is 0 Å². The van der Waals surface area contributed by atoms with E-state index in [1.807, 2.05) is 0 Å². The lowest BCUT2D eigenvalue weighted by Gasteiger charge is -2.26. The Bertz CT molecular complexity index is 284. The summed E-state index contributed by atoms with van der Waals surface area (Å²) in [6.45, 7) is -0.766. The highest BCUT2D eigenvalue weighted by atomic mass is 127. The summed E-state index contributed by atoms with van der Waals surface area (Å²) in [6.07, 6.45) is -1.49. The van der Waals surface area contributed by atoms with E-state index < -0.39 is 12.3 Å². The normalized spacial score (nSPS) is 17.6. The number of hydrogen-bond donors (Lipinski definition) is 2. The molecule has 1 fully saturated rings. The number of carbonyl (C=O) groups is 1. The fourth-order valence-corrected chi connectivity index (χ4v) is 0.893. The number of rotatable bonds is 9. The highest BCUT2D eigenvalue weighted by Gasteiger charge is 2.25. The minimum atomic E-state index is -0.825. The zero-order chi connectivity index (χ0) is 13.4. The summed E-state index contributed by atoms with van der Waals surface area (Å²) in [5, 5.41) is 22.2. The van der Waals surface area contributed by atoms with Crippen molar-refractivity contribution in [1.29, 1.82) is 5.53 Å². The largest absolute Gasteiger partial charge is 1.00 e. The third-order valence-electron chi connectivity index (χ3n) is 1.60. The Kier molecular flexibility index (Phi) is 9.57. The maximum Gasteiger partial charge on any atom is 0.508 e. The molecule has 19 heavy (non-hydrogen) atoms. The van der Waals surface area contributed by atoms with Gasteiger partial charge in [0.1, 0.15) is 19.8 Å². The van der Waals surface area contributed by atoms with Crippen LogP contribution >= 0.6 is 0 Å². The maximum absolute atomic E-state index is 10.9. The summed E-state index contributed by atoms with van der Waals surface area (Å²) in [4.78, 5) is 23.7. The average Bonchev–Trinajstić information content (AvgIpc) is 2.77. The molecule has 0 aromatic rings. The van der Waals surface area contributed by atoms with Crippen LogP contribution in [0, 0.1) is 15.9 Å². The van der Waals surface area contributed by atoms with Crippen molar-refractivity contribution < 1.29 is 58.0 Å². The molecule has 12 nitrogen and oxygen atoms in total. The fraction of sp³-hybridized carbons (Fsp3) is 0.833. The average molecular weight is 394 g/mol. The zero-order valence-corrected chi connectivity index (χ0v) is 11.6. The van der Waals surface area contributed by atoms with Gasteiger partial charge in [-0.2, -0.15) is 0 Å². The molecule has 1 aliphatic heterocycles. The second-order valence-electron chi connectivity index (χ2n) is 2.86. The van der Waals surface area contributed by atoms with Crippen LogP contribution in [0.4, 0.5) is 4.79 Å². The molecule has 1 heterocycles. The van der Waals surface area contributed by atoms with E-state index in [2.05, 4.69) is 24.0 Å². The smallest absolute Gasteiger partial charge is 0.508 e. The quantitative estimate of drug-likeness (QED) is 0.128. The van der Waals surface area contributed by atoms with Gasteiger partial charge in [-0.1, -0.05) is 5.34 Å². The molecular weight excluding hydrogens is 383 g/mol. The van der Waals surface area contributed by atoms with Crippen LogP contribution in [0.1, 0.15) is 0 Å². The van der Waals surface area contributed by atoms with Crippen LogP contribution in [0.15, 0.2) is 0 Å². The molecule has 0 amide bonds. The van der Waals surface area contributed by atoms with E-state index in [-0.39, 0.29) is 61.1 Å². The Morgan fingerprint density at radius 2 is 2.05 bits per heavy atom. The van der Waals surface area contributed by atoms with Gasteiger partial charge in [0.25, 0.3) is 0 Å². The third kappa shape index (κ3) is 8.03. The molecule has 13 heteroatoms. The van der Waals surface area contributed by atoms with Gasteiger partial charge in [-0.05, 0) is 10.8 Å². The topological polar surface area (TPSA) is 154 Å². The van der Waals surface area contributed by atoms with E-state index >= 15 is 0 Å². The van der Waals surface area contributed by atoms with E-state index in [0.29, 0.717) is 0 Å². The third-order valence-corrected chi connectivity index (χ3v) is 1.60. The minimum Gasteiger partial charge on any atom is -1.00 e. The number of hydrogen-bond acceptors (Lipinski definition) is 10. The van der Waals surface area contributed by atoms with Gasteiger partial charge in [0.15, 0.2) is 6.10 Å². The Labute approximate surface area is 124 Å². The van der Waals surface area contributed by atoms with Crippen molar-refractivity contribution in [3.05, 3.63) is 10.4 Å². The van der Waals surface area contributed by atoms with Crippen molar-refractivity contribution in [2.75, 3.05) is 26.4 Å². The van der Waals surface area contributed by atoms with Crippen molar-refractivity contribution in [2.45, 2.75) is 6.10 Å². The van der Waals surface area contributed by atoms with Gasteiger partial charge in [-0.15, -0.1) is 5.39 Å². The van der Waals surface area contributed by atoms with Crippen molar-refractivity contribution in [2.24, 2.45) is 0 Å². The SMILES string of the molecule is N=[NH+]N([O-])OCCON([O-])OCC1COC(=O)O1.[I-]. The summed E-state index contributed by atoms with van der Waals surface area (Å²) < 4.78 is 9.02. The van der Waals surface area contributed by atoms with Crippen LogP contribution in [0.3, 0.4) is 0 Å². The van der Waals surface area contributed by atoms with E-state index in [4.69, 9.17) is 5.53 Å². The lowest BCUT2D eigenvalue weighted by Crippen LogP contribution is -3.00. The Morgan fingerprint density at radius 1 is 1.37 bits per heavy atom. The summed E-state index contributed by atoms with van der Waals surface area (Å²) in [5.74, 6) is 0. The molecule has 2 N–H and O–H groups in total. The molecule has 1 saturated heterocycles. The summed E-state index contributed by atoms with van der Waals surface area (Å²) >= 11 is 0. The summed E-state index contributed by atoms with van der Waals surface area (Å²) in [5.41, 5.74) is 6.35. The number of halogens is 1. The number of nitrogens with one attached hydrogen (secondary N) is 2. The molecule has 1 atom stereocenters. The van der Waals surface area contributed by atoms with Gasteiger partial charge >= 0.3 is 6.16 Å². The molecule has 1 rings (SSSR count). The highest BCUT2D eigenvalue weighted by molar-refractivity contribution is 5.61. The summed E-state index contributed by atoms with van der Waals surface area (Å²) in [6, 6.07) is 0. The predicted octanol–water partition coefficient (Wildman–Crippen LogP) is -5.05. The first-order valence-electron chi connectivity index (χ1n) is 4.71. The van der Waals surface area contributed by atoms with Crippen molar-refractivity contribution in [3.63, 3.8) is 0 Å². The first-order valence-corrected chi connectivity index (χ1v) is 4.71. The number of carbonyl (C=O) groups excluding carboxylic acids is 1. The van der Waals surface area contributed by atoms with E-state index in [1.165, 1.54) is 5.22 Å². The van der Waals surface area contributed by atoms with Crippen LogP contribution in [-0.2, 0) is 24.0 Å². The van der Waals surface area contributed by atoms with Gasteiger partial charge < -0.3 is 43.9 Å². The maximum atomic E-state index is 10.9. The van der Waals surface area contributed by atoms with Crippen molar-refractivity contribution >= 4 is 6.16 Å². The van der Waals surface area contributed by atoms with E-state index in [1.54, 1.807) is 0 Å². The summed E-state index contributed by atoms with van der Waals surface area (Å²) in [7, 11) is 0. The van der Waals surface area contributed by atoms with Gasteiger partial charge in [0.2, 0.25) is 0 Å². The van der Waals surface area contributed by atoms with Gasteiger partial charge in [-0.3, -0.25) is 9.68 Å². The molecule has 112 valence electrons. The van der Waals surface area contributed by atoms with Crippen LogP contribution in [0.25, 0.3) is 0 Å². The van der Waals surface area contributed by atoms with Crippen molar-refractivity contribution in [3.8, 4) is 0 Å². The fourth-order valence-electron chi connectivity index (χ4n) is 0.893. The van der Waals surface area contributed by atoms with Gasteiger partial charge in [-0.25, -0.2) is 9.63 Å². The second-order valence-corrected chi connectivity index (χ2v) is 2.86. The number of hydrazine groups is 1. The molecule has 0 aliphatic carbocycles. The number of nitrogens with zero attached hydrogens (tertiary/aromatic N) is 2. The molecule has 0 spiro atoms. The molecule has 0 radical (unpaired) electrons. The standard InChI is InChI=1S/C6H10N4O8.HI/c7-8-9(12)15-1-2-16-10(13)17-4-5-3-14-6(11)18-5;/h5,7H,1-4H2;1H/q-2;. The molecule has 1 unspecified atom stereocenters. The molecule has 0 saturated carbocycles. The van der Waals surface area contributed by atoms with Crippen LogP contribution in [0.5, 0.6) is 0 Å². The van der Waals surface area contributed by atoms with Gasteiger partial charge in [0.05, 0.1) is 6.61 Å². The first kappa shape index (κ1) is 18.2. The number of cyclic esters (lactones) is 2. The van der Waals surface area contributed by atoms with Crippen LogP contribution in [0.2, 0.25) is 0 Å². The minimum absolute atomic E-state index is 0. The highest BCUT2D eigenvalue weighted by Crippen LogP contribution is 2.06. The Balaban J connectivity index is 0.00000324. The Morgan fingerprint density at radius 3 is 2.63 bits per heavy atom. The Hall–Kier alpha value is -0.840.